The molecule has 0 bridgehead atoms. The van der Waals surface area contributed by atoms with Gasteiger partial charge in [0.25, 0.3) is 0 Å². The van der Waals surface area contributed by atoms with Crippen LogP contribution in [0, 0.1) is 0 Å². The molecular formula is C20H35IN4O5. The van der Waals surface area contributed by atoms with E-state index in [0.717, 1.165) is 12.0 Å². The standard InChI is InChI=1S/C20H34N4O5.HI/c1-20(2,3)29-19(25)23-10-8-9-22-18(21-4)24-13-14-11-15(26-5)17(28-7)16(12-14)27-6;/h11-12H,8-10,13H2,1-7H3,(H,23,25)(H2,21,22,24);1H. The predicted octanol–water partition coefficient (Wildman–Crippen LogP) is 2.91. The first kappa shape index (κ1) is 27.9. The van der Waals surface area contributed by atoms with Crippen LogP contribution in [-0.2, 0) is 11.3 Å². The highest BCUT2D eigenvalue weighted by Gasteiger charge is 2.15. The summed E-state index contributed by atoms with van der Waals surface area (Å²) in [5.74, 6) is 2.40. The van der Waals surface area contributed by atoms with E-state index >= 15 is 0 Å². The summed E-state index contributed by atoms with van der Waals surface area (Å²) in [5, 5.41) is 9.16. The fourth-order valence-electron chi connectivity index (χ4n) is 2.44. The number of aliphatic imine (C=N–C) groups is 1. The largest absolute Gasteiger partial charge is 0.493 e. The van der Waals surface area contributed by atoms with Crippen LogP contribution in [0.25, 0.3) is 0 Å². The summed E-state index contributed by atoms with van der Waals surface area (Å²) in [5.41, 5.74) is 0.454. The minimum Gasteiger partial charge on any atom is -0.493 e. The Morgan fingerprint density at radius 2 is 1.53 bits per heavy atom. The minimum atomic E-state index is -0.499. The van der Waals surface area contributed by atoms with Gasteiger partial charge in [0.15, 0.2) is 17.5 Å². The van der Waals surface area contributed by atoms with Crippen molar-refractivity contribution in [2.24, 2.45) is 4.99 Å². The first-order valence-electron chi connectivity index (χ1n) is 9.44. The molecule has 0 fully saturated rings. The third-order valence-corrected chi connectivity index (χ3v) is 3.72. The maximum atomic E-state index is 11.6. The molecular weight excluding hydrogens is 503 g/mol. The van der Waals surface area contributed by atoms with Crippen LogP contribution < -0.4 is 30.2 Å². The molecule has 0 unspecified atom stereocenters. The van der Waals surface area contributed by atoms with E-state index in [9.17, 15) is 4.79 Å². The quantitative estimate of drug-likeness (QED) is 0.192. The van der Waals surface area contributed by atoms with Crippen molar-refractivity contribution in [3.63, 3.8) is 0 Å². The van der Waals surface area contributed by atoms with Crippen LogP contribution in [0.3, 0.4) is 0 Å². The van der Waals surface area contributed by atoms with Crippen LogP contribution in [0.15, 0.2) is 17.1 Å². The zero-order valence-corrected chi connectivity index (χ0v) is 21.2. The van der Waals surface area contributed by atoms with Crippen molar-refractivity contribution in [3.8, 4) is 17.2 Å². The number of ether oxygens (including phenoxy) is 4. The van der Waals surface area contributed by atoms with Gasteiger partial charge in [-0.05, 0) is 44.9 Å². The summed E-state index contributed by atoms with van der Waals surface area (Å²) in [6.07, 6.45) is 0.312. The molecule has 0 aromatic heterocycles. The molecule has 0 saturated carbocycles. The summed E-state index contributed by atoms with van der Waals surface area (Å²) in [6.45, 7) is 7.16. The molecule has 172 valence electrons. The second-order valence-electron chi connectivity index (χ2n) is 7.17. The molecule has 0 radical (unpaired) electrons. The number of benzene rings is 1. The van der Waals surface area contributed by atoms with Crippen LogP contribution >= 0.6 is 24.0 Å². The predicted molar refractivity (Wildman–Crippen MR) is 129 cm³/mol. The first-order chi connectivity index (χ1) is 13.7. The number of hydrogen-bond acceptors (Lipinski definition) is 6. The summed E-state index contributed by atoms with van der Waals surface area (Å²) >= 11 is 0. The molecule has 30 heavy (non-hydrogen) atoms. The molecule has 1 amide bonds. The average Bonchev–Trinajstić information content (AvgIpc) is 2.67. The molecule has 1 rings (SSSR count). The summed E-state index contributed by atoms with van der Waals surface area (Å²) in [6, 6.07) is 3.76. The van der Waals surface area contributed by atoms with Crippen molar-refractivity contribution >= 4 is 36.0 Å². The number of guanidine groups is 1. The summed E-state index contributed by atoms with van der Waals surface area (Å²) < 4.78 is 21.3. The molecule has 0 heterocycles. The number of nitrogens with zero attached hydrogens (tertiary/aromatic N) is 1. The van der Waals surface area contributed by atoms with Gasteiger partial charge in [-0.1, -0.05) is 0 Å². The highest BCUT2D eigenvalue weighted by molar-refractivity contribution is 14.0. The molecule has 1 aromatic rings. The SMILES string of the molecule is CN=C(NCCCNC(=O)OC(C)(C)C)NCc1cc(OC)c(OC)c(OC)c1.I. The Morgan fingerprint density at radius 1 is 0.967 bits per heavy atom. The van der Waals surface area contributed by atoms with Crippen LogP contribution in [-0.4, -0.2) is 59.1 Å². The Hall–Kier alpha value is -2.11. The lowest BCUT2D eigenvalue weighted by Crippen LogP contribution is -2.39. The molecule has 3 N–H and O–H groups in total. The van der Waals surface area contributed by atoms with Crippen molar-refractivity contribution in [3.05, 3.63) is 17.7 Å². The van der Waals surface area contributed by atoms with E-state index in [1.54, 1.807) is 28.4 Å². The molecule has 1 aromatic carbocycles. The molecule has 0 aliphatic rings. The number of alkyl carbamates (subject to hydrolysis) is 1. The van der Waals surface area contributed by atoms with Crippen LogP contribution in [0.5, 0.6) is 17.2 Å². The van der Waals surface area contributed by atoms with E-state index in [1.165, 1.54) is 0 Å². The van der Waals surface area contributed by atoms with Crippen molar-refractivity contribution in [1.29, 1.82) is 0 Å². The summed E-state index contributed by atoms with van der Waals surface area (Å²) in [7, 11) is 6.44. The molecule has 0 aliphatic carbocycles. The number of methoxy groups -OCH3 is 3. The third-order valence-electron chi connectivity index (χ3n) is 3.72. The monoisotopic (exact) mass is 538 g/mol. The second kappa shape index (κ2) is 14.0. The highest BCUT2D eigenvalue weighted by Crippen LogP contribution is 2.38. The van der Waals surface area contributed by atoms with Gasteiger partial charge in [-0.15, -0.1) is 24.0 Å². The van der Waals surface area contributed by atoms with Gasteiger partial charge in [0.2, 0.25) is 5.75 Å². The molecule has 0 spiro atoms. The maximum absolute atomic E-state index is 11.6. The Balaban J connectivity index is 0.00000841. The second-order valence-corrected chi connectivity index (χ2v) is 7.17. The van der Waals surface area contributed by atoms with E-state index in [-0.39, 0.29) is 24.0 Å². The first-order valence-corrected chi connectivity index (χ1v) is 9.44. The number of nitrogens with one attached hydrogen (secondary N) is 3. The molecule has 0 aliphatic heterocycles. The lowest BCUT2D eigenvalue weighted by molar-refractivity contribution is 0.0527. The van der Waals surface area contributed by atoms with Gasteiger partial charge in [-0.3, -0.25) is 4.99 Å². The van der Waals surface area contributed by atoms with E-state index in [4.69, 9.17) is 18.9 Å². The lowest BCUT2D eigenvalue weighted by Gasteiger charge is -2.19. The fourth-order valence-corrected chi connectivity index (χ4v) is 2.44. The van der Waals surface area contributed by atoms with E-state index in [1.807, 2.05) is 32.9 Å². The number of rotatable bonds is 9. The number of carbonyl (C=O) groups excluding carboxylic acids is 1. The molecule has 0 saturated heterocycles. The van der Waals surface area contributed by atoms with Gasteiger partial charge in [0.1, 0.15) is 5.60 Å². The third kappa shape index (κ3) is 10.1. The molecule has 0 atom stereocenters. The molecule has 10 heteroatoms. The van der Waals surface area contributed by atoms with Crippen molar-refractivity contribution in [1.82, 2.24) is 16.0 Å². The smallest absolute Gasteiger partial charge is 0.407 e. The zero-order chi connectivity index (χ0) is 21.9. The van der Waals surface area contributed by atoms with E-state index in [0.29, 0.717) is 42.8 Å². The normalized spacial score (nSPS) is 11.1. The van der Waals surface area contributed by atoms with Gasteiger partial charge in [0.05, 0.1) is 21.3 Å². The van der Waals surface area contributed by atoms with Gasteiger partial charge >= 0.3 is 6.09 Å². The van der Waals surface area contributed by atoms with Crippen molar-refractivity contribution in [2.45, 2.75) is 39.3 Å². The van der Waals surface area contributed by atoms with E-state index in [2.05, 4.69) is 20.9 Å². The number of amides is 1. The van der Waals surface area contributed by atoms with Crippen molar-refractivity contribution in [2.75, 3.05) is 41.5 Å². The number of hydrogen-bond donors (Lipinski definition) is 3. The van der Waals surface area contributed by atoms with Gasteiger partial charge < -0.3 is 34.9 Å². The Morgan fingerprint density at radius 3 is 2.00 bits per heavy atom. The zero-order valence-electron chi connectivity index (χ0n) is 18.9. The fraction of sp³-hybridized carbons (Fsp3) is 0.600. The van der Waals surface area contributed by atoms with Crippen LogP contribution in [0.2, 0.25) is 0 Å². The van der Waals surface area contributed by atoms with Crippen molar-refractivity contribution < 1.29 is 23.7 Å². The van der Waals surface area contributed by atoms with Gasteiger partial charge in [0, 0.05) is 26.7 Å². The Labute approximate surface area is 196 Å². The van der Waals surface area contributed by atoms with Crippen LogP contribution in [0.4, 0.5) is 4.79 Å². The number of carbonyl (C=O) groups is 1. The Kier molecular flexibility index (Phi) is 13.0. The maximum Gasteiger partial charge on any atom is 0.407 e. The lowest BCUT2D eigenvalue weighted by atomic mass is 10.2. The van der Waals surface area contributed by atoms with Crippen LogP contribution in [0.1, 0.15) is 32.8 Å². The summed E-state index contributed by atoms with van der Waals surface area (Å²) in [4.78, 5) is 15.8. The molecule has 9 nitrogen and oxygen atoms in total. The average molecular weight is 538 g/mol. The van der Waals surface area contributed by atoms with Gasteiger partial charge in [-0.2, -0.15) is 0 Å². The topological polar surface area (TPSA) is 102 Å². The number of halogens is 1. The Bertz CT molecular complexity index is 667. The van der Waals surface area contributed by atoms with Gasteiger partial charge in [-0.25, -0.2) is 4.79 Å². The highest BCUT2D eigenvalue weighted by atomic mass is 127. The van der Waals surface area contributed by atoms with E-state index < -0.39 is 11.7 Å². The minimum absolute atomic E-state index is 0.